The predicted molar refractivity (Wildman–Crippen MR) is 127 cm³/mol. The molecule has 184 valence electrons. The number of rotatable bonds is 9. The SMILES string of the molecule is Cc1cccc(C(CC(=O)O)NC(=O)c2cc(OCC(=O)C(C)(C)C)n(-c3ccccc3F)n2)c1. The van der Waals surface area contributed by atoms with Gasteiger partial charge in [0.05, 0.1) is 12.5 Å². The van der Waals surface area contributed by atoms with Gasteiger partial charge in [0.25, 0.3) is 5.91 Å². The normalized spacial score (nSPS) is 12.1. The smallest absolute Gasteiger partial charge is 0.305 e. The number of aryl methyl sites for hydroxylation is 1. The molecule has 35 heavy (non-hydrogen) atoms. The van der Waals surface area contributed by atoms with E-state index in [-0.39, 0.29) is 36.1 Å². The van der Waals surface area contributed by atoms with E-state index in [1.54, 1.807) is 45.0 Å². The van der Waals surface area contributed by atoms with Crippen LogP contribution in [0.3, 0.4) is 0 Å². The lowest BCUT2D eigenvalue weighted by Gasteiger charge is -2.17. The lowest BCUT2D eigenvalue weighted by atomic mass is 9.91. The number of nitrogens with one attached hydrogen (secondary N) is 1. The topological polar surface area (TPSA) is 111 Å². The Kier molecular flexibility index (Phi) is 7.68. The van der Waals surface area contributed by atoms with E-state index in [1.807, 2.05) is 13.0 Å². The van der Waals surface area contributed by atoms with E-state index in [9.17, 15) is 23.9 Å². The maximum atomic E-state index is 14.5. The molecule has 0 aliphatic rings. The van der Waals surface area contributed by atoms with Crippen LogP contribution in [0.15, 0.2) is 54.6 Å². The molecular weight excluding hydrogens is 453 g/mol. The van der Waals surface area contributed by atoms with Crippen molar-refractivity contribution >= 4 is 17.7 Å². The molecule has 0 bridgehead atoms. The summed E-state index contributed by atoms with van der Waals surface area (Å²) in [5.41, 5.74) is 0.803. The molecule has 2 N–H and O–H groups in total. The summed E-state index contributed by atoms with van der Waals surface area (Å²) in [5.74, 6) is -2.54. The molecule has 8 nitrogen and oxygen atoms in total. The molecule has 0 aliphatic heterocycles. The van der Waals surface area contributed by atoms with Crippen molar-refractivity contribution in [1.29, 1.82) is 0 Å². The number of nitrogens with zero attached hydrogens (tertiary/aromatic N) is 2. The third kappa shape index (κ3) is 6.53. The highest BCUT2D eigenvalue weighted by Crippen LogP contribution is 2.24. The summed E-state index contributed by atoms with van der Waals surface area (Å²) < 4.78 is 21.3. The van der Waals surface area contributed by atoms with Crippen molar-refractivity contribution in [2.24, 2.45) is 5.41 Å². The van der Waals surface area contributed by atoms with Gasteiger partial charge in [-0.25, -0.2) is 4.39 Å². The van der Waals surface area contributed by atoms with Gasteiger partial charge in [-0.05, 0) is 24.6 Å². The van der Waals surface area contributed by atoms with E-state index in [1.165, 1.54) is 24.3 Å². The van der Waals surface area contributed by atoms with Crippen molar-refractivity contribution in [1.82, 2.24) is 15.1 Å². The lowest BCUT2D eigenvalue weighted by Crippen LogP contribution is -2.30. The quantitative estimate of drug-likeness (QED) is 0.473. The van der Waals surface area contributed by atoms with E-state index in [4.69, 9.17) is 4.74 Å². The van der Waals surface area contributed by atoms with Crippen molar-refractivity contribution < 1.29 is 28.6 Å². The molecule has 1 atom stereocenters. The molecule has 0 fully saturated rings. The first-order valence-corrected chi connectivity index (χ1v) is 11.1. The van der Waals surface area contributed by atoms with Crippen LogP contribution in [0, 0.1) is 18.2 Å². The molecule has 1 amide bonds. The maximum Gasteiger partial charge on any atom is 0.305 e. The minimum atomic E-state index is -1.08. The Labute approximate surface area is 202 Å². The van der Waals surface area contributed by atoms with Gasteiger partial charge >= 0.3 is 5.97 Å². The Balaban J connectivity index is 1.94. The van der Waals surface area contributed by atoms with Gasteiger partial charge < -0.3 is 15.2 Å². The first-order valence-electron chi connectivity index (χ1n) is 11.1. The second-order valence-corrected chi connectivity index (χ2v) is 9.23. The van der Waals surface area contributed by atoms with Crippen LogP contribution in [0.25, 0.3) is 5.69 Å². The Bertz CT molecular complexity index is 1250. The summed E-state index contributed by atoms with van der Waals surface area (Å²) in [4.78, 5) is 36.9. The zero-order valence-corrected chi connectivity index (χ0v) is 20.0. The van der Waals surface area contributed by atoms with Crippen LogP contribution < -0.4 is 10.1 Å². The second-order valence-electron chi connectivity index (χ2n) is 9.23. The Morgan fingerprint density at radius 1 is 1.11 bits per heavy atom. The molecule has 3 rings (SSSR count). The van der Waals surface area contributed by atoms with E-state index in [0.717, 1.165) is 10.2 Å². The summed E-state index contributed by atoms with van der Waals surface area (Å²) in [5, 5.41) is 16.2. The van der Waals surface area contributed by atoms with Crippen molar-refractivity contribution in [2.75, 3.05) is 6.61 Å². The average molecular weight is 482 g/mol. The highest BCUT2D eigenvalue weighted by Gasteiger charge is 2.25. The van der Waals surface area contributed by atoms with Gasteiger partial charge in [-0.1, -0.05) is 62.7 Å². The largest absolute Gasteiger partial charge is 0.481 e. The number of ketones is 1. The number of para-hydroxylation sites is 1. The molecule has 1 unspecified atom stereocenters. The van der Waals surface area contributed by atoms with Crippen molar-refractivity contribution in [3.8, 4) is 11.6 Å². The number of Topliss-reactive ketones (excluding diaryl/α,β-unsaturated/α-hetero) is 1. The van der Waals surface area contributed by atoms with Crippen molar-refractivity contribution in [3.05, 3.63) is 77.2 Å². The van der Waals surface area contributed by atoms with Gasteiger partial charge in [0.1, 0.15) is 18.1 Å². The number of carboxylic acids is 1. The molecule has 0 spiro atoms. The van der Waals surface area contributed by atoms with Crippen LogP contribution in [0.1, 0.15) is 54.8 Å². The third-order valence-electron chi connectivity index (χ3n) is 5.31. The van der Waals surface area contributed by atoms with Gasteiger partial charge in [-0.15, -0.1) is 0 Å². The van der Waals surface area contributed by atoms with Gasteiger partial charge in [0.15, 0.2) is 11.5 Å². The zero-order chi connectivity index (χ0) is 25.8. The summed E-state index contributed by atoms with van der Waals surface area (Å²) in [7, 11) is 0. The third-order valence-corrected chi connectivity index (χ3v) is 5.31. The first-order chi connectivity index (χ1) is 16.5. The fourth-order valence-corrected chi connectivity index (χ4v) is 3.28. The molecule has 1 heterocycles. The van der Waals surface area contributed by atoms with Crippen LogP contribution in [0.2, 0.25) is 0 Å². The van der Waals surface area contributed by atoms with Gasteiger partial charge in [0.2, 0.25) is 5.88 Å². The number of aromatic nitrogens is 2. The first kappa shape index (κ1) is 25.6. The highest BCUT2D eigenvalue weighted by molar-refractivity contribution is 5.93. The molecule has 0 saturated carbocycles. The Morgan fingerprint density at radius 3 is 2.46 bits per heavy atom. The van der Waals surface area contributed by atoms with Gasteiger partial charge in [-0.2, -0.15) is 9.78 Å². The van der Waals surface area contributed by atoms with Gasteiger partial charge in [0, 0.05) is 11.5 Å². The number of ether oxygens (including phenoxy) is 1. The van der Waals surface area contributed by atoms with Crippen LogP contribution in [-0.4, -0.2) is 39.2 Å². The summed E-state index contributed by atoms with van der Waals surface area (Å²) in [6.07, 6.45) is -0.341. The standard InChI is InChI=1S/C26H28FN3O5/c1-16-8-7-9-17(12-16)19(14-24(32)33)28-25(34)20-13-23(35-15-22(31)26(2,3)4)30(29-20)21-11-6-5-10-18(21)27/h5-13,19H,14-15H2,1-4H3,(H,28,34)(H,32,33). The second kappa shape index (κ2) is 10.5. The molecule has 0 aliphatic carbocycles. The highest BCUT2D eigenvalue weighted by atomic mass is 19.1. The average Bonchev–Trinajstić information content (AvgIpc) is 3.20. The summed E-state index contributed by atoms with van der Waals surface area (Å²) in [6, 6.07) is 13.5. The van der Waals surface area contributed by atoms with E-state index < -0.39 is 29.2 Å². The van der Waals surface area contributed by atoms with E-state index in [0.29, 0.717) is 5.56 Å². The maximum absolute atomic E-state index is 14.5. The van der Waals surface area contributed by atoms with Crippen LogP contribution in [-0.2, 0) is 9.59 Å². The molecule has 9 heteroatoms. The summed E-state index contributed by atoms with van der Waals surface area (Å²) in [6.45, 7) is 6.82. The molecule has 3 aromatic rings. The number of carbonyl (C=O) groups is 3. The van der Waals surface area contributed by atoms with Crippen LogP contribution >= 0.6 is 0 Å². The molecule has 0 saturated heterocycles. The predicted octanol–water partition coefficient (Wildman–Crippen LogP) is 4.26. The molecule has 2 aromatic carbocycles. The Morgan fingerprint density at radius 2 is 1.83 bits per heavy atom. The molecule has 0 radical (unpaired) electrons. The fourth-order valence-electron chi connectivity index (χ4n) is 3.28. The number of hydrogen-bond donors (Lipinski definition) is 2. The minimum Gasteiger partial charge on any atom is -0.481 e. The number of amides is 1. The number of carbonyl (C=O) groups excluding carboxylic acids is 2. The zero-order valence-electron chi connectivity index (χ0n) is 20.0. The monoisotopic (exact) mass is 481 g/mol. The lowest BCUT2D eigenvalue weighted by molar-refractivity contribution is -0.137. The van der Waals surface area contributed by atoms with Crippen LogP contribution in [0.4, 0.5) is 4.39 Å². The number of carboxylic acid groups (broad SMARTS) is 1. The molecule has 1 aromatic heterocycles. The number of halogens is 1. The summed E-state index contributed by atoms with van der Waals surface area (Å²) >= 11 is 0. The molecular formula is C26H28FN3O5. The van der Waals surface area contributed by atoms with E-state index >= 15 is 0 Å². The van der Waals surface area contributed by atoms with Crippen LogP contribution in [0.5, 0.6) is 5.88 Å². The fraction of sp³-hybridized carbons (Fsp3) is 0.308. The van der Waals surface area contributed by atoms with Gasteiger partial charge in [-0.3, -0.25) is 14.4 Å². The van der Waals surface area contributed by atoms with Crippen molar-refractivity contribution in [2.45, 2.75) is 40.2 Å². The number of aliphatic carboxylic acids is 1. The Hall–Kier alpha value is -4.01. The van der Waals surface area contributed by atoms with E-state index in [2.05, 4.69) is 10.4 Å². The number of benzene rings is 2. The number of hydrogen-bond acceptors (Lipinski definition) is 5. The minimum absolute atomic E-state index is 0.00295. The van der Waals surface area contributed by atoms with Crippen molar-refractivity contribution in [3.63, 3.8) is 0 Å².